The van der Waals surface area contributed by atoms with E-state index < -0.39 is 0 Å². The van der Waals surface area contributed by atoms with Gasteiger partial charge in [0.2, 0.25) is 0 Å². The van der Waals surface area contributed by atoms with Crippen molar-refractivity contribution >= 4 is 28.0 Å². The fourth-order valence-electron chi connectivity index (χ4n) is 1.54. The molecule has 0 bridgehead atoms. The van der Waals surface area contributed by atoms with Crippen molar-refractivity contribution in [2.24, 2.45) is 0 Å². The maximum atomic E-state index is 2.31. The number of hydrogen-bond acceptors (Lipinski definition) is 0. The van der Waals surface area contributed by atoms with Gasteiger partial charge in [-0.05, 0) is 0 Å². The van der Waals surface area contributed by atoms with Gasteiger partial charge in [0.1, 0.15) is 0 Å². The van der Waals surface area contributed by atoms with E-state index in [-0.39, 0.29) is 37.1 Å². The van der Waals surface area contributed by atoms with E-state index >= 15 is 0 Å². The predicted molar refractivity (Wildman–Crippen MR) is 87.1 cm³/mol. The Morgan fingerprint density at radius 3 is 0.947 bits per heavy atom. The third kappa shape index (κ3) is 7.61. The molecule has 19 heavy (non-hydrogen) atoms. The van der Waals surface area contributed by atoms with Crippen molar-refractivity contribution in [3.05, 3.63) is 60.7 Å². The second-order valence-electron chi connectivity index (χ2n) is 4.73. The molecule has 0 atom stereocenters. The third-order valence-corrected chi connectivity index (χ3v) is 5.68. The van der Waals surface area contributed by atoms with E-state index in [4.69, 9.17) is 0 Å². The van der Waals surface area contributed by atoms with Gasteiger partial charge in [-0.2, -0.15) is 0 Å². The molecule has 3 heteroatoms. The first kappa shape index (κ1) is 18.5. The van der Waals surface area contributed by atoms with Gasteiger partial charge in [-0.3, -0.25) is 0 Å². The van der Waals surface area contributed by atoms with Crippen molar-refractivity contribution in [1.82, 2.24) is 0 Å². The van der Waals surface area contributed by atoms with Crippen LogP contribution in [0.4, 0.5) is 0 Å². The van der Waals surface area contributed by atoms with Gasteiger partial charge in [0.25, 0.3) is 0 Å². The van der Waals surface area contributed by atoms with Crippen LogP contribution in [0.1, 0.15) is 0 Å². The Hall–Kier alpha value is -0.503. The summed E-state index contributed by atoms with van der Waals surface area (Å²) < 4.78 is 0. The van der Waals surface area contributed by atoms with Gasteiger partial charge in [-0.25, -0.2) is 0 Å². The molecule has 2 aromatic rings. The standard InChI is InChI=1S/2C8H11Si.Zn/c2*1-9(2)8-6-4-3-5-7-8;/h2*3-7H,1-2H3;. The molecule has 0 spiro atoms. The molecular weight excluding hydrogens is 314 g/mol. The topological polar surface area (TPSA) is 0 Å². The third-order valence-electron chi connectivity index (χ3n) is 2.70. The molecule has 0 fully saturated rings. The van der Waals surface area contributed by atoms with Gasteiger partial charge >= 0.3 is 0 Å². The van der Waals surface area contributed by atoms with Crippen molar-refractivity contribution in [3.63, 3.8) is 0 Å². The zero-order chi connectivity index (χ0) is 13.4. The summed E-state index contributed by atoms with van der Waals surface area (Å²) in [6.45, 7) is 9.22. The zero-order valence-electron chi connectivity index (χ0n) is 12.5. The van der Waals surface area contributed by atoms with E-state index in [1.165, 1.54) is 10.4 Å². The van der Waals surface area contributed by atoms with E-state index in [0.717, 1.165) is 0 Å². The SMILES string of the molecule is C[Si](C)c1ccccc1.C[Si](C)c1ccccc1.[Zn]. The van der Waals surface area contributed by atoms with Gasteiger partial charge in [0.05, 0.1) is 17.6 Å². The van der Waals surface area contributed by atoms with E-state index in [0.29, 0.717) is 0 Å². The predicted octanol–water partition coefficient (Wildman–Crippen LogP) is 3.29. The first-order chi connectivity index (χ1) is 8.61. The molecule has 0 aliphatic carbocycles. The minimum Gasteiger partial charge on any atom is -0.0671 e. The van der Waals surface area contributed by atoms with Crippen molar-refractivity contribution in [1.29, 1.82) is 0 Å². The summed E-state index contributed by atoms with van der Waals surface area (Å²) in [6, 6.07) is 21.4. The average molecular weight is 336 g/mol. The van der Waals surface area contributed by atoms with Crippen LogP contribution in [0.25, 0.3) is 0 Å². The summed E-state index contributed by atoms with van der Waals surface area (Å²) >= 11 is 0. The monoisotopic (exact) mass is 334 g/mol. The van der Waals surface area contributed by atoms with Crippen LogP contribution in [0, 0.1) is 0 Å². The first-order valence-corrected chi connectivity index (χ1v) is 11.3. The molecule has 0 aliphatic rings. The molecule has 0 unspecified atom stereocenters. The van der Waals surface area contributed by atoms with E-state index in [2.05, 4.69) is 86.9 Å². The summed E-state index contributed by atoms with van der Waals surface area (Å²) in [5.74, 6) is 0. The number of hydrogen-bond donors (Lipinski definition) is 0. The van der Waals surface area contributed by atoms with Crippen molar-refractivity contribution < 1.29 is 19.5 Å². The zero-order valence-corrected chi connectivity index (χ0v) is 17.4. The van der Waals surface area contributed by atoms with Crippen LogP contribution in [0.15, 0.2) is 60.7 Å². The summed E-state index contributed by atoms with van der Waals surface area (Å²) in [4.78, 5) is 0. The summed E-state index contributed by atoms with van der Waals surface area (Å²) in [5.41, 5.74) is 0. The summed E-state index contributed by atoms with van der Waals surface area (Å²) in [6.07, 6.45) is 0. The van der Waals surface area contributed by atoms with Crippen LogP contribution in [-0.4, -0.2) is 17.6 Å². The van der Waals surface area contributed by atoms with Gasteiger partial charge < -0.3 is 0 Å². The van der Waals surface area contributed by atoms with Crippen LogP contribution in [0.5, 0.6) is 0 Å². The molecule has 0 nitrogen and oxygen atoms in total. The van der Waals surface area contributed by atoms with Crippen LogP contribution in [0.2, 0.25) is 26.2 Å². The quantitative estimate of drug-likeness (QED) is 0.739. The van der Waals surface area contributed by atoms with Crippen molar-refractivity contribution in [2.45, 2.75) is 26.2 Å². The molecule has 96 valence electrons. The normalized spacial score (nSPS) is 9.58. The second-order valence-corrected chi connectivity index (χ2v) is 9.89. The van der Waals surface area contributed by atoms with Crippen LogP contribution >= 0.6 is 0 Å². The summed E-state index contributed by atoms with van der Waals surface area (Å²) in [7, 11) is -0.424. The van der Waals surface area contributed by atoms with Gasteiger partial charge in [0.15, 0.2) is 0 Å². The average Bonchev–Trinajstić information content (AvgIpc) is 2.41. The minimum absolute atomic E-state index is 0. The molecule has 0 N–H and O–H groups in total. The Labute approximate surface area is 134 Å². The molecule has 0 aromatic heterocycles. The fourth-order valence-corrected chi connectivity index (χ4v) is 3.26. The van der Waals surface area contributed by atoms with Gasteiger partial charge in [-0.1, -0.05) is 97.2 Å². The van der Waals surface area contributed by atoms with Crippen LogP contribution in [-0.2, 0) is 19.5 Å². The Balaban J connectivity index is 0.000000324. The largest absolute Gasteiger partial charge is 0.0791 e. The molecule has 0 saturated carbocycles. The molecule has 0 amide bonds. The van der Waals surface area contributed by atoms with E-state index in [9.17, 15) is 0 Å². The molecule has 0 aliphatic heterocycles. The molecule has 0 heterocycles. The minimum atomic E-state index is -0.212. The van der Waals surface area contributed by atoms with Crippen LogP contribution in [0.3, 0.4) is 0 Å². The molecule has 0 saturated heterocycles. The van der Waals surface area contributed by atoms with Crippen molar-refractivity contribution in [3.8, 4) is 0 Å². The Morgan fingerprint density at radius 2 is 0.789 bits per heavy atom. The van der Waals surface area contributed by atoms with Gasteiger partial charge in [0, 0.05) is 19.5 Å². The maximum absolute atomic E-state index is 2.31. The number of benzene rings is 2. The molecule has 2 rings (SSSR count). The smallest absolute Gasteiger partial charge is 0.0671 e. The van der Waals surface area contributed by atoms with Crippen LogP contribution < -0.4 is 10.4 Å². The Kier molecular flexibility index (Phi) is 10.0. The Bertz CT molecular complexity index is 384. The second kappa shape index (κ2) is 10.3. The number of rotatable bonds is 2. The maximum Gasteiger partial charge on any atom is 0.0791 e. The first-order valence-electron chi connectivity index (χ1n) is 6.32. The van der Waals surface area contributed by atoms with E-state index in [1.807, 2.05) is 0 Å². The fraction of sp³-hybridized carbons (Fsp3) is 0.250. The molecule has 2 aromatic carbocycles. The van der Waals surface area contributed by atoms with E-state index in [1.54, 1.807) is 0 Å². The Morgan fingerprint density at radius 1 is 0.526 bits per heavy atom. The van der Waals surface area contributed by atoms with Crippen molar-refractivity contribution in [2.75, 3.05) is 0 Å². The summed E-state index contributed by atoms with van der Waals surface area (Å²) in [5, 5.41) is 3.03. The molecular formula is C16H22Si2Zn. The molecule has 2 radical (unpaired) electrons. The van der Waals surface area contributed by atoms with Gasteiger partial charge in [-0.15, -0.1) is 0 Å².